The number of ether oxygens (including phenoxy) is 1. The lowest BCUT2D eigenvalue weighted by Crippen LogP contribution is -2.33. The maximum Gasteiger partial charge on any atom is 0.227 e. The fourth-order valence-corrected chi connectivity index (χ4v) is 3.70. The fourth-order valence-electron chi connectivity index (χ4n) is 3.70. The molecule has 2 amide bonds. The minimum atomic E-state index is -0.321. The Labute approximate surface area is 169 Å². The summed E-state index contributed by atoms with van der Waals surface area (Å²) in [6, 6.07) is 13.3. The number of fused-ring (bicyclic) bond motifs is 1. The summed E-state index contributed by atoms with van der Waals surface area (Å²) < 4.78 is 7.24. The standard InChI is InChI=1S/C22H24N4O3/c1-29-19-7-5-18(6-8-19)26-15-17(14-20(26)27)22(28)24-11-3-12-25-13-9-16-4-2-10-23-21(16)25/h2,4-10,13,17H,3,11-12,14-15H2,1H3,(H,24,28). The third-order valence-electron chi connectivity index (χ3n) is 5.28. The number of aryl methyl sites for hydroxylation is 1. The van der Waals surface area contributed by atoms with Gasteiger partial charge in [0, 0.05) is 49.5 Å². The second-order valence-electron chi connectivity index (χ2n) is 7.17. The number of rotatable bonds is 7. The molecule has 1 saturated heterocycles. The number of anilines is 1. The van der Waals surface area contributed by atoms with Gasteiger partial charge in [0.2, 0.25) is 11.8 Å². The van der Waals surface area contributed by atoms with Crippen molar-refractivity contribution < 1.29 is 14.3 Å². The van der Waals surface area contributed by atoms with E-state index >= 15 is 0 Å². The number of nitrogens with zero attached hydrogens (tertiary/aromatic N) is 3. The van der Waals surface area contributed by atoms with Crippen molar-refractivity contribution >= 4 is 28.5 Å². The summed E-state index contributed by atoms with van der Waals surface area (Å²) in [5.41, 5.74) is 1.74. The highest BCUT2D eigenvalue weighted by Crippen LogP contribution is 2.26. The average Bonchev–Trinajstić information content (AvgIpc) is 3.35. The van der Waals surface area contributed by atoms with E-state index in [-0.39, 0.29) is 24.2 Å². The number of carbonyl (C=O) groups excluding carboxylic acids is 2. The predicted octanol–water partition coefficient (Wildman–Crippen LogP) is 2.60. The van der Waals surface area contributed by atoms with Gasteiger partial charge in [-0.05, 0) is 48.9 Å². The highest BCUT2D eigenvalue weighted by Gasteiger charge is 2.34. The molecule has 3 heterocycles. The number of pyridine rings is 1. The van der Waals surface area contributed by atoms with Crippen molar-refractivity contribution in [1.82, 2.24) is 14.9 Å². The van der Waals surface area contributed by atoms with Crippen molar-refractivity contribution in [3.05, 3.63) is 54.9 Å². The fraction of sp³-hybridized carbons (Fsp3) is 0.318. The molecule has 0 bridgehead atoms. The van der Waals surface area contributed by atoms with Crippen LogP contribution < -0.4 is 15.0 Å². The number of amides is 2. The van der Waals surface area contributed by atoms with Crippen molar-refractivity contribution in [1.29, 1.82) is 0 Å². The van der Waals surface area contributed by atoms with Crippen LogP contribution in [-0.4, -0.2) is 41.6 Å². The number of benzene rings is 1. The monoisotopic (exact) mass is 392 g/mol. The van der Waals surface area contributed by atoms with E-state index in [2.05, 4.69) is 14.9 Å². The van der Waals surface area contributed by atoms with Gasteiger partial charge in [-0.3, -0.25) is 9.59 Å². The van der Waals surface area contributed by atoms with E-state index in [1.54, 1.807) is 18.2 Å². The average molecular weight is 392 g/mol. The van der Waals surface area contributed by atoms with Crippen LogP contribution >= 0.6 is 0 Å². The van der Waals surface area contributed by atoms with E-state index < -0.39 is 0 Å². The molecule has 1 N–H and O–H groups in total. The Balaban J connectivity index is 1.27. The van der Waals surface area contributed by atoms with Crippen LogP contribution in [0.1, 0.15) is 12.8 Å². The highest BCUT2D eigenvalue weighted by molar-refractivity contribution is 6.00. The van der Waals surface area contributed by atoms with E-state index in [0.717, 1.165) is 35.4 Å². The summed E-state index contributed by atoms with van der Waals surface area (Å²) in [7, 11) is 1.60. The van der Waals surface area contributed by atoms with Gasteiger partial charge < -0.3 is 19.5 Å². The second kappa shape index (κ2) is 8.34. The van der Waals surface area contributed by atoms with Gasteiger partial charge in [-0.15, -0.1) is 0 Å². The highest BCUT2D eigenvalue weighted by atomic mass is 16.5. The SMILES string of the molecule is COc1ccc(N2CC(C(=O)NCCCn3ccc4cccnc43)CC2=O)cc1. The van der Waals surface area contributed by atoms with Crippen LogP contribution in [0.4, 0.5) is 5.69 Å². The van der Waals surface area contributed by atoms with Crippen molar-refractivity contribution in [2.24, 2.45) is 5.92 Å². The van der Waals surface area contributed by atoms with E-state index in [4.69, 9.17) is 4.74 Å². The van der Waals surface area contributed by atoms with Crippen molar-refractivity contribution in [3.8, 4) is 5.75 Å². The van der Waals surface area contributed by atoms with E-state index in [0.29, 0.717) is 13.1 Å². The molecular weight excluding hydrogens is 368 g/mol. The smallest absolute Gasteiger partial charge is 0.227 e. The molecule has 150 valence electrons. The topological polar surface area (TPSA) is 76.5 Å². The number of hydrogen-bond donors (Lipinski definition) is 1. The minimum Gasteiger partial charge on any atom is -0.497 e. The number of aromatic nitrogens is 2. The molecule has 1 atom stereocenters. The molecule has 1 fully saturated rings. The third-order valence-corrected chi connectivity index (χ3v) is 5.28. The van der Waals surface area contributed by atoms with Gasteiger partial charge in [-0.1, -0.05) is 0 Å². The minimum absolute atomic E-state index is 0.0276. The maximum absolute atomic E-state index is 12.5. The van der Waals surface area contributed by atoms with E-state index in [9.17, 15) is 9.59 Å². The Kier molecular flexibility index (Phi) is 5.46. The summed E-state index contributed by atoms with van der Waals surface area (Å²) in [4.78, 5) is 30.9. The van der Waals surface area contributed by atoms with Crippen LogP contribution in [0.3, 0.4) is 0 Å². The summed E-state index contributed by atoms with van der Waals surface area (Å²) in [5.74, 6) is 0.323. The molecule has 1 unspecified atom stereocenters. The first-order valence-corrected chi connectivity index (χ1v) is 9.77. The zero-order valence-corrected chi connectivity index (χ0v) is 16.4. The molecule has 29 heavy (non-hydrogen) atoms. The van der Waals surface area contributed by atoms with Gasteiger partial charge in [0.25, 0.3) is 0 Å². The summed E-state index contributed by atoms with van der Waals surface area (Å²) in [5, 5.41) is 4.09. The molecule has 1 aliphatic heterocycles. The Hall–Kier alpha value is -3.35. The van der Waals surface area contributed by atoms with Gasteiger partial charge in [0.05, 0.1) is 13.0 Å². The largest absolute Gasteiger partial charge is 0.497 e. The second-order valence-corrected chi connectivity index (χ2v) is 7.17. The molecule has 7 nitrogen and oxygen atoms in total. The van der Waals surface area contributed by atoms with Crippen molar-refractivity contribution in [3.63, 3.8) is 0 Å². The number of methoxy groups -OCH3 is 1. The van der Waals surface area contributed by atoms with Gasteiger partial charge in [0.15, 0.2) is 0 Å². The van der Waals surface area contributed by atoms with Crippen LogP contribution in [0.2, 0.25) is 0 Å². The predicted molar refractivity (Wildman–Crippen MR) is 111 cm³/mol. The quantitative estimate of drug-likeness (QED) is 0.627. The number of nitrogens with one attached hydrogen (secondary N) is 1. The first-order valence-electron chi connectivity index (χ1n) is 9.77. The van der Waals surface area contributed by atoms with Crippen LogP contribution in [0.25, 0.3) is 11.0 Å². The third kappa shape index (κ3) is 4.08. The van der Waals surface area contributed by atoms with Crippen LogP contribution in [-0.2, 0) is 16.1 Å². The lowest BCUT2D eigenvalue weighted by molar-refractivity contribution is -0.126. The van der Waals surface area contributed by atoms with E-state index in [1.165, 1.54) is 0 Å². The Morgan fingerprint density at radius 1 is 1.24 bits per heavy atom. The Bertz CT molecular complexity index is 1010. The van der Waals surface area contributed by atoms with Crippen LogP contribution in [0.15, 0.2) is 54.9 Å². The lowest BCUT2D eigenvalue weighted by atomic mass is 10.1. The Morgan fingerprint density at radius 3 is 2.86 bits per heavy atom. The normalized spacial score (nSPS) is 16.4. The zero-order chi connectivity index (χ0) is 20.2. The first kappa shape index (κ1) is 19.0. The van der Waals surface area contributed by atoms with E-state index in [1.807, 2.05) is 48.7 Å². The van der Waals surface area contributed by atoms with Crippen molar-refractivity contribution in [2.45, 2.75) is 19.4 Å². The molecule has 0 saturated carbocycles. The molecule has 0 aliphatic carbocycles. The molecule has 3 aromatic rings. The molecular formula is C22H24N4O3. The van der Waals surface area contributed by atoms with Gasteiger partial charge in [0.1, 0.15) is 11.4 Å². The van der Waals surface area contributed by atoms with Crippen LogP contribution in [0.5, 0.6) is 5.75 Å². The first-order chi connectivity index (χ1) is 14.2. The van der Waals surface area contributed by atoms with Gasteiger partial charge in [-0.2, -0.15) is 0 Å². The van der Waals surface area contributed by atoms with Crippen LogP contribution in [0, 0.1) is 5.92 Å². The molecule has 2 aromatic heterocycles. The van der Waals surface area contributed by atoms with Gasteiger partial charge >= 0.3 is 0 Å². The summed E-state index contributed by atoms with van der Waals surface area (Å²) in [6.07, 6.45) is 4.84. The molecule has 7 heteroatoms. The zero-order valence-electron chi connectivity index (χ0n) is 16.4. The lowest BCUT2D eigenvalue weighted by Gasteiger charge is -2.17. The molecule has 4 rings (SSSR count). The summed E-state index contributed by atoms with van der Waals surface area (Å²) in [6.45, 7) is 1.75. The van der Waals surface area contributed by atoms with Crippen molar-refractivity contribution in [2.75, 3.05) is 25.1 Å². The molecule has 0 spiro atoms. The van der Waals surface area contributed by atoms with Gasteiger partial charge in [-0.25, -0.2) is 4.98 Å². The molecule has 1 aromatic carbocycles. The number of carbonyl (C=O) groups is 2. The maximum atomic E-state index is 12.5. The molecule has 0 radical (unpaired) electrons. The number of hydrogen-bond acceptors (Lipinski definition) is 4. The molecule has 1 aliphatic rings. The Morgan fingerprint density at radius 2 is 2.07 bits per heavy atom. The summed E-state index contributed by atoms with van der Waals surface area (Å²) >= 11 is 0.